The minimum atomic E-state index is 0.370. The van der Waals surface area contributed by atoms with E-state index in [0.29, 0.717) is 6.10 Å². The van der Waals surface area contributed by atoms with Gasteiger partial charge in [0.1, 0.15) is 5.75 Å². The van der Waals surface area contributed by atoms with Gasteiger partial charge in [0.05, 0.1) is 6.10 Å². The van der Waals surface area contributed by atoms with Gasteiger partial charge in [0, 0.05) is 6.07 Å². The van der Waals surface area contributed by atoms with Crippen molar-refractivity contribution < 1.29 is 4.74 Å². The highest BCUT2D eigenvalue weighted by atomic mass is 16.5. The van der Waals surface area contributed by atoms with Gasteiger partial charge in [-0.3, -0.25) is 0 Å². The molecule has 0 aliphatic heterocycles. The predicted molar refractivity (Wildman–Crippen MR) is 87.2 cm³/mol. The summed E-state index contributed by atoms with van der Waals surface area (Å²) in [6, 6.07) is 11.1. The van der Waals surface area contributed by atoms with E-state index >= 15 is 0 Å². The number of rotatable bonds is 12. The van der Waals surface area contributed by atoms with E-state index < -0.39 is 0 Å². The Bertz CT molecular complexity index is 307. The summed E-state index contributed by atoms with van der Waals surface area (Å²) in [4.78, 5) is 0. The van der Waals surface area contributed by atoms with Crippen LogP contribution >= 0.6 is 0 Å². The van der Waals surface area contributed by atoms with Crippen LogP contribution in [0.5, 0.6) is 5.75 Å². The lowest BCUT2D eigenvalue weighted by Gasteiger charge is -2.18. The Morgan fingerprint density at radius 3 is 2.30 bits per heavy atom. The maximum absolute atomic E-state index is 6.04. The van der Waals surface area contributed by atoms with Crippen LogP contribution in [-0.4, -0.2) is 6.10 Å². The molecule has 1 aromatic carbocycles. The third-order valence-electron chi connectivity index (χ3n) is 3.71. The summed E-state index contributed by atoms with van der Waals surface area (Å²) in [7, 11) is 0. The predicted octanol–water partition coefficient (Wildman–Crippen LogP) is 6.17. The van der Waals surface area contributed by atoms with Crippen molar-refractivity contribution in [1.82, 2.24) is 0 Å². The molecular formula is C19H31O. The zero-order valence-electron chi connectivity index (χ0n) is 13.4. The quantitative estimate of drug-likeness (QED) is 0.414. The number of unbranched alkanes of at least 4 members (excludes halogenated alkanes) is 6. The molecule has 1 atom stereocenters. The molecule has 1 unspecified atom stereocenters. The Morgan fingerprint density at radius 2 is 1.65 bits per heavy atom. The van der Waals surface area contributed by atoms with Crippen LogP contribution in [0.25, 0.3) is 0 Å². The molecule has 0 bridgehead atoms. The molecule has 113 valence electrons. The highest BCUT2D eigenvalue weighted by molar-refractivity contribution is 5.19. The Labute approximate surface area is 125 Å². The average molecular weight is 275 g/mol. The summed E-state index contributed by atoms with van der Waals surface area (Å²) in [5.41, 5.74) is 0. The molecule has 0 saturated carbocycles. The van der Waals surface area contributed by atoms with Crippen molar-refractivity contribution in [2.24, 2.45) is 0 Å². The molecule has 0 saturated heterocycles. The van der Waals surface area contributed by atoms with Gasteiger partial charge in [0.2, 0.25) is 0 Å². The number of benzene rings is 1. The fraction of sp³-hybridized carbons (Fsp3) is 0.684. The lowest BCUT2D eigenvalue weighted by molar-refractivity contribution is 0.175. The van der Waals surface area contributed by atoms with E-state index in [2.05, 4.69) is 19.9 Å². The maximum Gasteiger partial charge on any atom is 0.127 e. The molecule has 1 nitrogen and oxygen atoms in total. The molecule has 0 fully saturated rings. The Morgan fingerprint density at radius 1 is 0.900 bits per heavy atom. The van der Waals surface area contributed by atoms with Gasteiger partial charge in [-0.05, 0) is 25.3 Å². The molecule has 0 heterocycles. The summed E-state index contributed by atoms with van der Waals surface area (Å²) < 4.78 is 6.04. The van der Waals surface area contributed by atoms with Gasteiger partial charge < -0.3 is 4.74 Å². The van der Waals surface area contributed by atoms with Crippen LogP contribution in [0.15, 0.2) is 24.3 Å². The third-order valence-corrected chi connectivity index (χ3v) is 3.71. The van der Waals surface area contributed by atoms with E-state index in [0.717, 1.165) is 12.2 Å². The molecule has 0 N–H and O–H groups in total. The van der Waals surface area contributed by atoms with Crippen LogP contribution in [0.4, 0.5) is 0 Å². The van der Waals surface area contributed by atoms with E-state index in [1.54, 1.807) is 0 Å². The molecule has 1 rings (SSSR count). The van der Waals surface area contributed by atoms with Gasteiger partial charge in [0.15, 0.2) is 0 Å². The summed E-state index contributed by atoms with van der Waals surface area (Å²) in [5, 5.41) is 0. The minimum Gasteiger partial charge on any atom is -0.490 e. The smallest absolute Gasteiger partial charge is 0.127 e. The van der Waals surface area contributed by atoms with Crippen LogP contribution < -0.4 is 4.74 Å². The van der Waals surface area contributed by atoms with Gasteiger partial charge in [-0.15, -0.1) is 0 Å². The molecule has 1 aromatic rings. The van der Waals surface area contributed by atoms with Crippen molar-refractivity contribution in [3.63, 3.8) is 0 Å². The fourth-order valence-corrected chi connectivity index (χ4v) is 2.54. The molecule has 0 aliphatic rings. The lowest BCUT2D eigenvalue weighted by Crippen LogP contribution is -2.16. The number of para-hydroxylation sites is 1. The highest BCUT2D eigenvalue weighted by Crippen LogP contribution is 2.18. The van der Waals surface area contributed by atoms with Gasteiger partial charge >= 0.3 is 0 Å². The van der Waals surface area contributed by atoms with Crippen LogP contribution in [0, 0.1) is 6.07 Å². The van der Waals surface area contributed by atoms with Gasteiger partial charge in [0.25, 0.3) is 0 Å². The second-order valence-corrected chi connectivity index (χ2v) is 5.67. The lowest BCUT2D eigenvalue weighted by atomic mass is 10.0. The number of hydrogen-bond acceptors (Lipinski definition) is 1. The number of hydrogen-bond donors (Lipinski definition) is 0. The van der Waals surface area contributed by atoms with Crippen LogP contribution in [0.1, 0.15) is 78.1 Å². The van der Waals surface area contributed by atoms with Crippen LogP contribution in [0.3, 0.4) is 0 Å². The summed E-state index contributed by atoms with van der Waals surface area (Å²) in [5.74, 6) is 0.897. The first-order valence-corrected chi connectivity index (χ1v) is 8.50. The Hall–Kier alpha value is -0.980. The molecule has 0 aliphatic carbocycles. The first kappa shape index (κ1) is 17.1. The van der Waals surface area contributed by atoms with Crippen molar-refractivity contribution in [1.29, 1.82) is 0 Å². The third kappa shape index (κ3) is 8.24. The van der Waals surface area contributed by atoms with E-state index in [4.69, 9.17) is 4.74 Å². The Kier molecular flexibility index (Phi) is 10.1. The van der Waals surface area contributed by atoms with E-state index in [1.807, 2.05) is 24.3 Å². The standard InChI is InChI=1S/C19H31O/c1-3-5-6-7-8-9-11-15-18(14-4-2)20-19-16-12-10-13-17-19/h10,12-13,16,18H,3-9,11,14-15H2,1-2H3. The van der Waals surface area contributed by atoms with Gasteiger partial charge in [-0.1, -0.05) is 77.0 Å². The van der Waals surface area contributed by atoms with E-state index in [-0.39, 0.29) is 0 Å². The molecule has 1 heteroatoms. The van der Waals surface area contributed by atoms with E-state index in [1.165, 1.54) is 57.8 Å². The van der Waals surface area contributed by atoms with Crippen molar-refractivity contribution in [2.75, 3.05) is 0 Å². The second kappa shape index (κ2) is 11.8. The first-order valence-electron chi connectivity index (χ1n) is 8.50. The largest absolute Gasteiger partial charge is 0.490 e. The zero-order valence-corrected chi connectivity index (χ0v) is 13.4. The second-order valence-electron chi connectivity index (χ2n) is 5.67. The zero-order chi connectivity index (χ0) is 14.5. The highest BCUT2D eigenvalue weighted by Gasteiger charge is 2.09. The van der Waals surface area contributed by atoms with Crippen molar-refractivity contribution in [3.05, 3.63) is 30.3 Å². The molecule has 0 aromatic heterocycles. The van der Waals surface area contributed by atoms with Crippen molar-refractivity contribution in [2.45, 2.75) is 84.2 Å². The van der Waals surface area contributed by atoms with Gasteiger partial charge in [-0.2, -0.15) is 0 Å². The van der Waals surface area contributed by atoms with Crippen LogP contribution in [0.2, 0.25) is 0 Å². The minimum absolute atomic E-state index is 0.370. The summed E-state index contributed by atoms with van der Waals surface area (Å²) >= 11 is 0. The van der Waals surface area contributed by atoms with Gasteiger partial charge in [-0.25, -0.2) is 0 Å². The number of ether oxygens (including phenoxy) is 1. The molecular weight excluding hydrogens is 244 g/mol. The molecule has 0 amide bonds. The maximum atomic E-state index is 6.04. The van der Waals surface area contributed by atoms with Crippen molar-refractivity contribution >= 4 is 0 Å². The average Bonchev–Trinajstić information content (AvgIpc) is 2.47. The molecule has 1 radical (unpaired) electrons. The first-order chi connectivity index (χ1) is 9.86. The van der Waals surface area contributed by atoms with Crippen LogP contribution in [-0.2, 0) is 0 Å². The SMILES string of the molecule is CCCCCCCCCC(CCC)Oc1[c]cccc1. The van der Waals surface area contributed by atoms with E-state index in [9.17, 15) is 0 Å². The summed E-state index contributed by atoms with van der Waals surface area (Å²) in [6.45, 7) is 4.50. The summed E-state index contributed by atoms with van der Waals surface area (Å²) in [6.07, 6.45) is 13.5. The molecule has 0 spiro atoms. The molecule has 20 heavy (non-hydrogen) atoms. The fourth-order valence-electron chi connectivity index (χ4n) is 2.54. The Balaban J connectivity index is 2.15. The van der Waals surface area contributed by atoms with Crippen molar-refractivity contribution in [3.8, 4) is 5.75 Å². The monoisotopic (exact) mass is 275 g/mol. The topological polar surface area (TPSA) is 9.23 Å². The normalized spacial score (nSPS) is 12.3.